The lowest BCUT2D eigenvalue weighted by Crippen LogP contribution is -2.43. The highest BCUT2D eigenvalue weighted by Gasteiger charge is 2.34. The van der Waals surface area contributed by atoms with Crippen LogP contribution in [0.4, 0.5) is 15.0 Å². The maximum atomic E-state index is 13.2. The third kappa shape index (κ3) is 6.29. The molecule has 3 heterocycles. The van der Waals surface area contributed by atoms with Crippen LogP contribution in [-0.2, 0) is 16.0 Å². The number of rotatable bonds is 6. The second kappa shape index (κ2) is 11.0. The number of carbonyl (C=O) groups is 2. The Morgan fingerprint density at radius 3 is 2.59 bits per heavy atom. The summed E-state index contributed by atoms with van der Waals surface area (Å²) in [5.41, 5.74) is 0.576. The van der Waals surface area contributed by atoms with Crippen LogP contribution in [-0.4, -0.2) is 56.6 Å². The van der Waals surface area contributed by atoms with E-state index in [0.717, 1.165) is 60.5 Å². The summed E-state index contributed by atoms with van der Waals surface area (Å²) >= 11 is 1.64. The quantitative estimate of drug-likeness (QED) is 0.407. The number of thiophene rings is 1. The Morgan fingerprint density at radius 2 is 1.90 bits per heavy atom. The fourth-order valence-corrected chi connectivity index (χ4v) is 6.62. The van der Waals surface area contributed by atoms with Crippen molar-refractivity contribution in [1.82, 2.24) is 19.9 Å². The first-order valence-electron chi connectivity index (χ1n) is 13.4. The summed E-state index contributed by atoms with van der Waals surface area (Å²) in [5, 5.41) is 3.67. The zero-order valence-corrected chi connectivity index (χ0v) is 23.5. The molecule has 3 aromatic rings. The molecule has 0 radical (unpaired) electrons. The summed E-state index contributed by atoms with van der Waals surface area (Å²) in [6.45, 7) is 5.60. The normalized spacial score (nSPS) is 20.9. The lowest BCUT2D eigenvalue weighted by molar-refractivity contribution is -0.116. The molecule has 0 spiro atoms. The molecule has 0 aromatic carbocycles. The van der Waals surface area contributed by atoms with Crippen molar-refractivity contribution in [3.8, 4) is 5.88 Å². The topological polar surface area (TPSA) is 107 Å². The van der Waals surface area contributed by atoms with Crippen molar-refractivity contribution < 1.29 is 23.5 Å². The first-order valence-corrected chi connectivity index (χ1v) is 14.2. The van der Waals surface area contributed by atoms with Crippen molar-refractivity contribution in [2.75, 3.05) is 12.4 Å². The minimum atomic E-state index is -0.527. The van der Waals surface area contributed by atoms with Crippen molar-refractivity contribution >= 4 is 39.4 Å². The van der Waals surface area contributed by atoms with Crippen LogP contribution in [0.15, 0.2) is 24.7 Å². The van der Waals surface area contributed by atoms with Gasteiger partial charge in [-0.15, -0.1) is 11.3 Å². The van der Waals surface area contributed by atoms with Crippen molar-refractivity contribution in [2.24, 2.45) is 0 Å². The lowest BCUT2D eigenvalue weighted by Gasteiger charge is -2.35. The van der Waals surface area contributed by atoms with Gasteiger partial charge in [0.15, 0.2) is 0 Å². The van der Waals surface area contributed by atoms with Crippen LogP contribution >= 0.6 is 11.3 Å². The van der Waals surface area contributed by atoms with Crippen molar-refractivity contribution in [3.63, 3.8) is 0 Å². The summed E-state index contributed by atoms with van der Waals surface area (Å²) in [6, 6.07) is 2.83. The van der Waals surface area contributed by atoms with Crippen LogP contribution in [0.5, 0.6) is 5.88 Å². The summed E-state index contributed by atoms with van der Waals surface area (Å²) in [6.07, 6.45) is 7.55. The summed E-state index contributed by atoms with van der Waals surface area (Å²) in [4.78, 5) is 42.0. The van der Waals surface area contributed by atoms with Gasteiger partial charge in [-0.1, -0.05) is 0 Å². The molecule has 0 aliphatic heterocycles. The molecule has 2 aliphatic carbocycles. The molecule has 1 atom stereocenters. The molecule has 2 aliphatic rings. The number of carbonyl (C=O) groups excluding carboxylic acids is 2. The van der Waals surface area contributed by atoms with Crippen LogP contribution in [0, 0.1) is 5.82 Å². The third-order valence-corrected chi connectivity index (χ3v) is 8.45. The molecule has 0 unspecified atom stereocenters. The molecule has 11 heteroatoms. The van der Waals surface area contributed by atoms with Crippen LogP contribution < -0.4 is 10.1 Å². The number of fused-ring (bicyclic) bond motifs is 3. The summed E-state index contributed by atoms with van der Waals surface area (Å²) in [7, 11) is 1.80. The zero-order valence-electron chi connectivity index (χ0n) is 22.7. The van der Waals surface area contributed by atoms with Gasteiger partial charge in [-0.2, -0.15) is 0 Å². The molecule has 0 saturated heterocycles. The fourth-order valence-electron chi connectivity index (χ4n) is 5.39. The summed E-state index contributed by atoms with van der Waals surface area (Å²) < 4.78 is 25.1. The molecular formula is C28H34FN5O4S. The number of halogens is 1. The second-order valence-corrected chi connectivity index (χ2v) is 12.4. The zero-order chi connectivity index (χ0) is 27.7. The second-order valence-electron chi connectivity index (χ2n) is 11.3. The molecule has 1 N–H and O–H groups in total. The molecule has 39 heavy (non-hydrogen) atoms. The minimum Gasteiger partial charge on any atom is -0.474 e. The average Bonchev–Trinajstić information content (AvgIpc) is 3.44. The van der Waals surface area contributed by atoms with E-state index in [0.29, 0.717) is 11.7 Å². The van der Waals surface area contributed by atoms with Crippen molar-refractivity contribution in [3.05, 3.63) is 40.9 Å². The minimum absolute atomic E-state index is 0.0146. The van der Waals surface area contributed by atoms with E-state index in [9.17, 15) is 14.0 Å². The molecule has 208 valence electrons. The number of ether oxygens (including phenoxy) is 2. The number of aromatic nitrogens is 3. The van der Waals surface area contributed by atoms with E-state index in [1.165, 1.54) is 23.3 Å². The van der Waals surface area contributed by atoms with Gasteiger partial charge < -0.3 is 19.7 Å². The van der Waals surface area contributed by atoms with Gasteiger partial charge in [-0.3, -0.25) is 4.79 Å². The van der Waals surface area contributed by atoms with Crippen molar-refractivity contribution in [1.29, 1.82) is 0 Å². The van der Waals surface area contributed by atoms with Gasteiger partial charge in [0.2, 0.25) is 11.8 Å². The first-order chi connectivity index (χ1) is 18.6. The van der Waals surface area contributed by atoms with Gasteiger partial charge in [-0.05, 0) is 82.9 Å². The number of amides is 2. The number of pyridine rings is 1. The van der Waals surface area contributed by atoms with Gasteiger partial charge in [-0.25, -0.2) is 24.1 Å². The Morgan fingerprint density at radius 1 is 1.13 bits per heavy atom. The van der Waals surface area contributed by atoms with Crippen molar-refractivity contribution in [2.45, 2.75) is 89.4 Å². The van der Waals surface area contributed by atoms with E-state index in [1.807, 2.05) is 20.8 Å². The smallest absolute Gasteiger partial charge is 0.410 e. The van der Waals surface area contributed by atoms with Crippen LogP contribution in [0.1, 0.15) is 75.7 Å². The number of anilines is 1. The van der Waals surface area contributed by atoms with E-state index in [4.69, 9.17) is 9.47 Å². The van der Waals surface area contributed by atoms with Crippen LogP contribution in [0.25, 0.3) is 10.2 Å². The fraction of sp³-hybridized carbons (Fsp3) is 0.536. The highest BCUT2D eigenvalue weighted by Crippen LogP contribution is 2.47. The molecule has 1 fully saturated rings. The number of nitrogens with one attached hydrogen (secondary N) is 1. The van der Waals surface area contributed by atoms with Gasteiger partial charge in [0, 0.05) is 24.4 Å². The Bertz CT molecular complexity index is 1350. The predicted molar refractivity (Wildman–Crippen MR) is 147 cm³/mol. The first kappa shape index (κ1) is 27.2. The maximum Gasteiger partial charge on any atom is 0.410 e. The Balaban J connectivity index is 1.25. The van der Waals surface area contributed by atoms with Crippen LogP contribution in [0.3, 0.4) is 0 Å². The number of nitrogens with zero attached hydrogens (tertiary/aromatic N) is 4. The molecule has 2 amide bonds. The Labute approximate surface area is 231 Å². The van der Waals surface area contributed by atoms with Crippen LogP contribution in [0.2, 0.25) is 0 Å². The van der Waals surface area contributed by atoms with E-state index < -0.39 is 11.4 Å². The largest absolute Gasteiger partial charge is 0.474 e. The molecule has 9 nitrogen and oxygen atoms in total. The molecule has 1 saturated carbocycles. The maximum absolute atomic E-state index is 13.2. The highest BCUT2D eigenvalue weighted by molar-refractivity contribution is 7.19. The highest BCUT2D eigenvalue weighted by atomic mass is 32.1. The predicted octanol–water partition coefficient (Wildman–Crippen LogP) is 5.84. The third-order valence-electron chi connectivity index (χ3n) is 7.27. The Kier molecular flexibility index (Phi) is 7.70. The van der Waals surface area contributed by atoms with Gasteiger partial charge >= 0.3 is 6.09 Å². The molecule has 0 bridgehead atoms. The van der Waals surface area contributed by atoms with Gasteiger partial charge in [0.1, 0.15) is 34.5 Å². The SMILES string of the molecule is CN(C(=O)OC(C)(C)C)[C@H]1CC[C@H](Oc2ncnc3sc4c(c23)[C@H](CC(=O)Nc2ccc(F)cn2)CC4)CC1. The number of aryl methyl sites for hydroxylation is 1. The van der Waals surface area contributed by atoms with E-state index in [-0.39, 0.29) is 36.5 Å². The summed E-state index contributed by atoms with van der Waals surface area (Å²) in [5.74, 6) is 0.289. The van der Waals surface area contributed by atoms with E-state index in [2.05, 4.69) is 20.3 Å². The van der Waals surface area contributed by atoms with E-state index in [1.54, 1.807) is 23.3 Å². The molecule has 3 aromatic heterocycles. The Hall–Kier alpha value is -3.34. The van der Waals surface area contributed by atoms with Gasteiger partial charge in [0.25, 0.3) is 0 Å². The monoisotopic (exact) mass is 555 g/mol. The lowest BCUT2D eigenvalue weighted by atomic mass is 9.92. The van der Waals surface area contributed by atoms with E-state index >= 15 is 0 Å². The average molecular weight is 556 g/mol. The number of hydrogen-bond donors (Lipinski definition) is 1. The molecule has 5 rings (SSSR count). The standard InChI is InChI=1S/C28H34FN5O4S/c1-28(2,3)38-27(36)34(4)18-7-9-19(10-8-18)37-25-24-23-16(5-11-20(23)39-26(24)32-15-31-25)13-22(35)33-21-12-6-17(29)14-30-21/h6,12,14-16,18-19H,5,7-11,13H2,1-4H3,(H,30,33,35)/t16-,18-,19-/m0/s1. The number of hydrogen-bond acceptors (Lipinski definition) is 8. The van der Waals surface area contributed by atoms with Gasteiger partial charge in [0.05, 0.1) is 11.6 Å². The molecular weight excluding hydrogens is 521 g/mol.